The molecule has 0 aliphatic carbocycles. The summed E-state index contributed by atoms with van der Waals surface area (Å²) in [6.45, 7) is 10.8. The lowest BCUT2D eigenvalue weighted by Gasteiger charge is -2.29. The second-order valence-electron chi connectivity index (χ2n) is 8.05. The number of aliphatic hydroxyl groups is 1. The molecule has 1 heterocycles. The summed E-state index contributed by atoms with van der Waals surface area (Å²) >= 11 is 0. The first-order valence-electron chi connectivity index (χ1n) is 7.29. The lowest BCUT2D eigenvalue weighted by molar-refractivity contribution is -0.267. The van der Waals surface area contributed by atoms with Crippen LogP contribution >= 0.6 is 0 Å². The van der Waals surface area contributed by atoms with Gasteiger partial charge < -0.3 is 9.84 Å². The first-order chi connectivity index (χ1) is 9.68. The molecule has 1 atom stereocenters. The van der Waals surface area contributed by atoms with E-state index < -0.39 is 18.4 Å². The summed E-state index contributed by atoms with van der Waals surface area (Å²) in [5.74, 6) is 0.167. The van der Waals surface area contributed by atoms with Crippen molar-refractivity contribution in [2.24, 2.45) is 0 Å². The van der Waals surface area contributed by atoms with E-state index in [-0.39, 0.29) is 22.1 Å². The van der Waals surface area contributed by atoms with Gasteiger partial charge in [-0.2, -0.15) is 13.2 Å². The smallest absolute Gasteiger partial charge is 0.425 e. The van der Waals surface area contributed by atoms with Gasteiger partial charge in [0.15, 0.2) is 0 Å². The highest BCUT2D eigenvalue weighted by molar-refractivity contribution is 5.54. The van der Waals surface area contributed by atoms with Gasteiger partial charge in [-0.05, 0) is 22.5 Å². The summed E-state index contributed by atoms with van der Waals surface area (Å²) in [6, 6.07) is 3.33. The second kappa shape index (κ2) is 4.63. The van der Waals surface area contributed by atoms with Crippen molar-refractivity contribution in [2.45, 2.75) is 64.1 Å². The minimum atomic E-state index is -4.77. The van der Waals surface area contributed by atoms with E-state index in [4.69, 9.17) is 4.74 Å². The fraction of sp³-hybridized carbons (Fsp3) is 0.647. The van der Waals surface area contributed by atoms with Crippen molar-refractivity contribution >= 4 is 0 Å². The van der Waals surface area contributed by atoms with Crippen molar-refractivity contribution in [3.63, 3.8) is 0 Å². The van der Waals surface area contributed by atoms with E-state index >= 15 is 0 Å². The van der Waals surface area contributed by atoms with Crippen molar-refractivity contribution in [3.8, 4) is 5.75 Å². The van der Waals surface area contributed by atoms with Gasteiger partial charge in [-0.3, -0.25) is 0 Å². The molecule has 0 saturated carbocycles. The minimum Gasteiger partial charge on any atom is -0.489 e. The van der Waals surface area contributed by atoms with E-state index in [9.17, 15) is 18.3 Å². The van der Waals surface area contributed by atoms with Crippen LogP contribution in [-0.2, 0) is 16.4 Å². The van der Waals surface area contributed by atoms with Gasteiger partial charge in [-0.15, -0.1) is 0 Å². The van der Waals surface area contributed by atoms with Crippen molar-refractivity contribution < 1.29 is 23.0 Å². The molecule has 1 N–H and O–H groups in total. The van der Waals surface area contributed by atoms with Gasteiger partial charge in [0.05, 0.1) is 0 Å². The Morgan fingerprint density at radius 2 is 1.55 bits per heavy atom. The molecule has 124 valence electrons. The summed E-state index contributed by atoms with van der Waals surface area (Å²) < 4.78 is 45.3. The van der Waals surface area contributed by atoms with Gasteiger partial charge in [-0.25, -0.2) is 0 Å². The van der Waals surface area contributed by atoms with E-state index in [1.165, 1.54) is 6.07 Å². The topological polar surface area (TPSA) is 29.5 Å². The largest absolute Gasteiger partial charge is 0.489 e. The van der Waals surface area contributed by atoms with Gasteiger partial charge >= 0.3 is 6.18 Å². The Labute approximate surface area is 129 Å². The highest BCUT2D eigenvalue weighted by Gasteiger charge is 2.60. The van der Waals surface area contributed by atoms with Crippen LogP contribution in [0.2, 0.25) is 0 Å². The third-order valence-electron chi connectivity index (χ3n) is 4.10. The van der Waals surface area contributed by atoms with Gasteiger partial charge in [-0.1, -0.05) is 47.6 Å². The molecule has 0 radical (unpaired) electrons. The van der Waals surface area contributed by atoms with Gasteiger partial charge in [0.2, 0.25) is 5.60 Å². The lowest BCUT2D eigenvalue weighted by atomic mass is 9.77. The fourth-order valence-electron chi connectivity index (χ4n) is 2.57. The van der Waals surface area contributed by atoms with E-state index in [0.29, 0.717) is 5.56 Å². The van der Waals surface area contributed by atoms with Crippen molar-refractivity contribution in [1.29, 1.82) is 0 Å². The van der Waals surface area contributed by atoms with E-state index in [0.717, 1.165) is 5.56 Å². The molecule has 0 bridgehead atoms. The average molecular weight is 316 g/mol. The molecule has 2 nitrogen and oxygen atoms in total. The summed E-state index contributed by atoms with van der Waals surface area (Å²) in [6.07, 6.45) is -4.77. The average Bonchev–Trinajstić information content (AvgIpc) is 2.64. The van der Waals surface area contributed by atoms with Crippen LogP contribution in [0.4, 0.5) is 13.2 Å². The third kappa shape index (κ3) is 2.60. The van der Waals surface area contributed by atoms with Crippen molar-refractivity contribution in [1.82, 2.24) is 0 Å². The standard InChI is InChI=1S/C17H23F3O2/c1-14(2,3)10-7-11(15(4,5)6)13-12(8-10)16(21,9-22-13)17(18,19)20/h7-8,21H,9H2,1-6H3. The first kappa shape index (κ1) is 17.1. The molecule has 1 aliphatic rings. The maximum atomic E-state index is 13.4. The monoisotopic (exact) mass is 316 g/mol. The Bertz CT molecular complexity index is 592. The Kier molecular flexibility index (Phi) is 3.61. The highest BCUT2D eigenvalue weighted by atomic mass is 19.4. The Balaban J connectivity index is 2.79. The zero-order valence-corrected chi connectivity index (χ0v) is 13.9. The lowest BCUT2D eigenvalue weighted by Crippen LogP contribution is -2.43. The number of benzene rings is 1. The predicted octanol–water partition coefficient (Wildman–Crippen LogP) is 4.42. The summed E-state index contributed by atoms with van der Waals surface area (Å²) in [5.41, 5.74) is -2.38. The maximum Gasteiger partial charge on any atom is 0.425 e. The quantitative estimate of drug-likeness (QED) is 0.767. The molecule has 1 aromatic rings. The van der Waals surface area contributed by atoms with Gasteiger partial charge in [0.1, 0.15) is 12.4 Å². The molecule has 2 rings (SSSR count). The van der Waals surface area contributed by atoms with Crippen molar-refractivity contribution in [2.75, 3.05) is 6.61 Å². The number of hydrogen-bond acceptors (Lipinski definition) is 2. The van der Waals surface area contributed by atoms with Crippen LogP contribution in [0.5, 0.6) is 5.75 Å². The molecule has 0 amide bonds. The van der Waals surface area contributed by atoms with Crippen LogP contribution in [0.3, 0.4) is 0 Å². The SMILES string of the molecule is CC(C)(C)c1cc(C(C)(C)C)c2c(c1)C(O)(C(F)(F)F)CO2. The van der Waals surface area contributed by atoms with Crippen molar-refractivity contribution in [3.05, 3.63) is 28.8 Å². The highest BCUT2D eigenvalue weighted by Crippen LogP contribution is 2.51. The molecule has 0 spiro atoms. The number of hydrogen-bond donors (Lipinski definition) is 1. The van der Waals surface area contributed by atoms with Crippen LogP contribution in [0.25, 0.3) is 0 Å². The molecule has 1 unspecified atom stereocenters. The number of ether oxygens (including phenoxy) is 1. The molecule has 0 saturated heterocycles. The Hall–Kier alpha value is -1.23. The van der Waals surface area contributed by atoms with Crippen LogP contribution in [0.1, 0.15) is 58.2 Å². The number of fused-ring (bicyclic) bond motifs is 1. The predicted molar refractivity (Wildman–Crippen MR) is 79.3 cm³/mol. The molecule has 22 heavy (non-hydrogen) atoms. The van der Waals surface area contributed by atoms with E-state index in [2.05, 4.69) is 0 Å². The summed E-state index contributed by atoms with van der Waals surface area (Å²) in [4.78, 5) is 0. The summed E-state index contributed by atoms with van der Waals surface area (Å²) in [7, 11) is 0. The maximum absolute atomic E-state index is 13.4. The first-order valence-corrected chi connectivity index (χ1v) is 7.29. The van der Waals surface area contributed by atoms with Gasteiger partial charge in [0.25, 0.3) is 0 Å². The normalized spacial score (nSPS) is 22.5. The Morgan fingerprint density at radius 1 is 1.00 bits per heavy atom. The number of halogens is 3. The van der Waals surface area contributed by atoms with Crippen LogP contribution < -0.4 is 4.74 Å². The van der Waals surface area contributed by atoms with Crippen LogP contribution in [0.15, 0.2) is 12.1 Å². The zero-order chi connectivity index (χ0) is 17.1. The van der Waals surface area contributed by atoms with Crippen LogP contribution in [0, 0.1) is 0 Å². The molecule has 1 aliphatic heterocycles. The Morgan fingerprint density at radius 3 is 1.95 bits per heavy atom. The third-order valence-corrected chi connectivity index (χ3v) is 4.10. The molecule has 5 heteroatoms. The summed E-state index contributed by atoms with van der Waals surface area (Å²) in [5, 5.41) is 10.2. The molecule has 0 aromatic heterocycles. The molecular formula is C17H23F3O2. The number of rotatable bonds is 0. The van der Waals surface area contributed by atoms with E-state index in [1.807, 2.05) is 47.6 Å². The number of alkyl halides is 3. The molecule has 0 fully saturated rings. The minimum absolute atomic E-state index is 0.167. The zero-order valence-electron chi connectivity index (χ0n) is 13.9. The molecular weight excluding hydrogens is 293 g/mol. The van der Waals surface area contributed by atoms with E-state index in [1.54, 1.807) is 0 Å². The second-order valence-corrected chi connectivity index (χ2v) is 8.05. The molecule has 1 aromatic carbocycles. The fourth-order valence-corrected chi connectivity index (χ4v) is 2.57. The van der Waals surface area contributed by atoms with Gasteiger partial charge in [0, 0.05) is 11.1 Å². The van der Waals surface area contributed by atoms with Crippen LogP contribution in [-0.4, -0.2) is 17.9 Å².